The second kappa shape index (κ2) is 11.1. The molecule has 0 spiro atoms. The van der Waals surface area contributed by atoms with E-state index in [1.165, 1.54) is 0 Å². The number of guanidine groups is 1. The molecule has 0 saturated carbocycles. The monoisotopic (exact) mass is 351 g/mol. The fourth-order valence-corrected chi connectivity index (χ4v) is 2.76. The molecule has 1 fully saturated rings. The third kappa shape index (κ3) is 7.44. The summed E-state index contributed by atoms with van der Waals surface area (Å²) in [5.41, 5.74) is 0.996. The maximum Gasteiger partial charge on any atom is 0.194 e. The molecule has 1 N–H and O–H groups in total. The number of aliphatic imine (C=N–C) groups is 1. The van der Waals surface area contributed by atoms with Gasteiger partial charge in [-0.25, -0.2) is 0 Å². The van der Waals surface area contributed by atoms with E-state index in [9.17, 15) is 0 Å². The Hall–Kier alpha value is -1.60. The minimum Gasteiger partial charge on any atom is -0.381 e. The van der Waals surface area contributed by atoms with Crippen molar-refractivity contribution in [1.29, 1.82) is 0 Å². The van der Waals surface area contributed by atoms with Crippen LogP contribution in [0.4, 0.5) is 0 Å². The van der Waals surface area contributed by atoms with Gasteiger partial charge in [0, 0.05) is 65.1 Å². The lowest BCUT2D eigenvalue weighted by molar-refractivity contribution is 0.109. The van der Waals surface area contributed by atoms with E-state index in [1.54, 1.807) is 6.26 Å². The number of rotatable bonds is 9. The lowest BCUT2D eigenvalue weighted by Gasteiger charge is -2.36. The number of ether oxygens (including phenoxy) is 1. The van der Waals surface area contributed by atoms with Crippen LogP contribution in [0, 0.1) is 5.92 Å². The summed E-state index contributed by atoms with van der Waals surface area (Å²) < 4.78 is 10.5. The average Bonchev–Trinajstić information content (AvgIpc) is 3.10. The van der Waals surface area contributed by atoms with Crippen LogP contribution in [0.25, 0.3) is 0 Å². The van der Waals surface area contributed by atoms with Gasteiger partial charge in [-0.2, -0.15) is 0 Å². The summed E-state index contributed by atoms with van der Waals surface area (Å²) in [6, 6.07) is 1.93. The van der Waals surface area contributed by atoms with Gasteiger partial charge >= 0.3 is 0 Å². The zero-order valence-electron chi connectivity index (χ0n) is 15.9. The normalized spacial score (nSPS) is 16.6. The summed E-state index contributed by atoms with van der Waals surface area (Å²) in [5, 5.41) is 7.40. The standard InChI is InChI=1S/C18H33N5O2/c1-4-19-18(20-7-5-12-24-15-16(2)3)23-10-8-22(9-11-23)14-17-6-13-25-21-17/h6,13,16H,4-5,7-12,14-15H2,1-3H3,(H,19,20). The predicted octanol–water partition coefficient (Wildman–Crippen LogP) is 1.82. The van der Waals surface area contributed by atoms with Crippen molar-refractivity contribution in [3.05, 3.63) is 18.0 Å². The van der Waals surface area contributed by atoms with Crippen LogP contribution in [-0.4, -0.2) is 73.4 Å². The SMILES string of the molecule is CCNC(=NCCCOCC(C)C)N1CCN(Cc2ccon2)CC1. The van der Waals surface area contributed by atoms with E-state index in [0.29, 0.717) is 5.92 Å². The van der Waals surface area contributed by atoms with Crippen molar-refractivity contribution in [2.45, 2.75) is 33.7 Å². The highest BCUT2D eigenvalue weighted by Crippen LogP contribution is 2.07. The topological polar surface area (TPSA) is 66.1 Å². The van der Waals surface area contributed by atoms with Crippen molar-refractivity contribution in [2.75, 3.05) is 52.5 Å². The van der Waals surface area contributed by atoms with Crippen molar-refractivity contribution in [3.63, 3.8) is 0 Å². The van der Waals surface area contributed by atoms with Gasteiger partial charge in [0.2, 0.25) is 0 Å². The van der Waals surface area contributed by atoms with Gasteiger partial charge in [-0.1, -0.05) is 19.0 Å². The molecule has 7 heteroatoms. The van der Waals surface area contributed by atoms with Crippen LogP contribution in [0.1, 0.15) is 32.9 Å². The van der Waals surface area contributed by atoms with E-state index >= 15 is 0 Å². The molecule has 1 aromatic rings. The summed E-state index contributed by atoms with van der Waals surface area (Å²) in [4.78, 5) is 9.51. The largest absolute Gasteiger partial charge is 0.381 e. The summed E-state index contributed by atoms with van der Waals surface area (Å²) in [5.74, 6) is 1.61. The molecule has 7 nitrogen and oxygen atoms in total. The molecule has 0 radical (unpaired) electrons. The average molecular weight is 351 g/mol. The summed E-state index contributed by atoms with van der Waals surface area (Å²) in [7, 11) is 0. The van der Waals surface area contributed by atoms with Crippen molar-refractivity contribution < 1.29 is 9.26 Å². The lowest BCUT2D eigenvalue weighted by atomic mass is 10.2. The second-order valence-electron chi connectivity index (χ2n) is 6.81. The van der Waals surface area contributed by atoms with E-state index in [0.717, 1.165) is 77.1 Å². The van der Waals surface area contributed by atoms with Gasteiger partial charge < -0.3 is 19.5 Å². The molecular formula is C18H33N5O2. The Morgan fingerprint density at radius 3 is 2.80 bits per heavy atom. The van der Waals surface area contributed by atoms with E-state index in [2.05, 4.69) is 41.0 Å². The Balaban J connectivity index is 1.71. The molecular weight excluding hydrogens is 318 g/mol. The number of aromatic nitrogens is 1. The van der Waals surface area contributed by atoms with Crippen LogP contribution < -0.4 is 5.32 Å². The zero-order valence-corrected chi connectivity index (χ0v) is 15.9. The van der Waals surface area contributed by atoms with Gasteiger partial charge in [0.25, 0.3) is 0 Å². The van der Waals surface area contributed by atoms with Gasteiger partial charge in [0.15, 0.2) is 5.96 Å². The van der Waals surface area contributed by atoms with Crippen LogP contribution >= 0.6 is 0 Å². The highest BCUT2D eigenvalue weighted by Gasteiger charge is 2.20. The molecule has 0 atom stereocenters. The van der Waals surface area contributed by atoms with E-state index in [1.807, 2.05) is 6.07 Å². The fraction of sp³-hybridized carbons (Fsp3) is 0.778. The first-order valence-corrected chi connectivity index (χ1v) is 9.41. The number of nitrogens with one attached hydrogen (secondary N) is 1. The molecule has 0 bridgehead atoms. The number of nitrogens with zero attached hydrogens (tertiary/aromatic N) is 4. The molecule has 1 aromatic heterocycles. The summed E-state index contributed by atoms with van der Waals surface area (Å²) >= 11 is 0. The first-order chi connectivity index (χ1) is 12.2. The molecule has 1 aliphatic rings. The molecule has 25 heavy (non-hydrogen) atoms. The lowest BCUT2D eigenvalue weighted by Crippen LogP contribution is -2.52. The van der Waals surface area contributed by atoms with Crippen molar-refractivity contribution in [1.82, 2.24) is 20.3 Å². The Morgan fingerprint density at radius 1 is 1.36 bits per heavy atom. The van der Waals surface area contributed by atoms with Crippen LogP contribution in [-0.2, 0) is 11.3 Å². The number of hydrogen-bond donors (Lipinski definition) is 1. The van der Waals surface area contributed by atoms with Crippen LogP contribution in [0.3, 0.4) is 0 Å². The summed E-state index contributed by atoms with van der Waals surface area (Å²) in [6.07, 6.45) is 2.60. The van der Waals surface area contributed by atoms with Crippen molar-refractivity contribution in [3.8, 4) is 0 Å². The Kier molecular flexibility index (Phi) is 8.76. The molecule has 0 aromatic carbocycles. The molecule has 2 heterocycles. The zero-order chi connectivity index (χ0) is 17.9. The van der Waals surface area contributed by atoms with Crippen LogP contribution in [0.2, 0.25) is 0 Å². The second-order valence-corrected chi connectivity index (χ2v) is 6.81. The predicted molar refractivity (Wildman–Crippen MR) is 99.6 cm³/mol. The first kappa shape index (κ1) is 19.7. The van der Waals surface area contributed by atoms with E-state index < -0.39 is 0 Å². The van der Waals surface area contributed by atoms with Gasteiger partial charge in [-0.15, -0.1) is 0 Å². The molecule has 0 unspecified atom stereocenters. The van der Waals surface area contributed by atoms with Gasteiger partial charge in [0.1, 0.15) is 6.26 Å². The highest BCUT2D eigenvalue weighted by atomic mass is 16.5. The Labute approximate surface area is 151 Å². The molecule has 0 amide bonds. The number of piperazine rings is 1. The van der Waals surface area contributed by atoms with E-state index in [-0.39, 0.29) is 0 Å². The van der Waals surface area contributed by atoms with Crippen molar-refractivity contribution >= 4 is 5.96 Å². The smallest absolute Gasteiger partial charge is 0.194 e. The van der Waals surface area contributed by atoms with Crippen LogP contribution in [0.15, 0.2) is 21.8 Å². The van der Waals surface area contributed by atoms with Gasteiger partial charge in [0.05, 0.1) is 5.69 Å². The number of hydrogen-bond acceptors (Lipinski definition) is 5. The first-order valence-electron chi connectivity index (χ1n) is 9.41. The minimum atomic E-state index is 0.592. The maximum absolute atomic E-state index is 5.62. The molecule has 0 aliphatic carbocycles. The summed E-state index contributed by atoms with van der Waals surface area (Å²) in [6.45, 7) is 14.6. The Bertz CT molecular complexity index is 482. The van der Waals surface area contributed by atoms with Gasteiger partial charge in [-0.05, 0) is 19.3 Å². The molecule has 1 aliphatic heterocycles. The minimum absolute atomic E-state index is 0.592. The van der Waals surface area contributed by atoms with Crippen molar-refractivity contribution in [2.24, 2.45) is 10.9 Å². The molecule has 142 valence electrons. The third-order valence-corrected chi connectivity index (χ3v) is 4.04. The highest BCUT2D eigenvalue weighted by molar-refractivity contribution is 5.80. The Morgan fingerprint density at radius 2 is 2.16 bits per heavy atom. The maximum atomic E-state index is 5.62. The third-order valence-electron chi connectivity index (χ3n) is 4.04. The van der Waals surface area contributed by atoms with E-state index in [4.69, 9.17) is 14.3 Å². The quantitative estimate of drug-likeness (QED) is 0.416. The molecule has 2 rings (SSSR count). The van der Waals surface area contributed by atoms with Crippen LogP contribution in [0.5, 0.6) is 0 Å². The fourth-order valence-electron chi connectivity index (χ4n) is 2.76. The molecule has 1 saturated heterocycles. The van der Waals surface area contributed by atoms with Gasteiger partial charge in [-0.3, -0.25) is 9.89 Å².